The van der Waals surface area contributed by atoms with E-state index in [2.05, 4.69) is 15.6 Å². The topological polar surface area (TPSA) is 79.5 Å². The molecule has 2 aromatic carbocycles. The number of aliphatic imine (C=N–C) groups is 1. The molecule has 1 aliphatic rings. The summed E-state index contributed by atoms with van der Waals surface area (Å²) in [7, 11) is 0. The van der Waals surface area contributed by atoms with Gasteiger partial charge in [0.2, 0.25) is 5.91 Å². The van der Waals surface area contributed by atoms with Crippen LogP contribution < -0.4 is 16.4 Å². The van der Waals surface area contributed by atoms with Gasteiger partial charge in [0.25, 0.3) is 0 Å². The maximum Gasteiger partial charge on any atom is 0.225 e. The zero-order chi connectivity index (χ0) is 16.2. The van der Waals surface area contributed by atoms with Crippen molar-refractivity contribution in [3.63, 3.8) is 0 Å². The fraction of sp³-hybridized carbons (Fsp3) is 0.222. The molecular formula is C18H20N4O. The predicted octanol–water partition coefficient (Wildman–Crippen LogP) is 2.85. The lowest BCUT2D eigenvalue weighted by atomic mass is 9.91. The van der Waals surface area contributed by atoms with Crippen LogP contribution in [0.25, 0.3) is 0 Å². The molecule has 23 heavy (non-hydrogen) atoms. The molecule has 1 aliphatic heterocycles. The number of anilines is 2. The number of hydrogen-bond donors (Lipinski definition) is 3. The van der Waals surface area contributed by atoms with E-state index in [1.54, 1.807) is 0 Å². The van der Waals surface area contributed by atoms with Crippen LogP contribution >= 0.6 is 0 Å². The van der Waals surface area contributed by atoms with Crippen LogP contribution in [0, 0.1) is 6.92 Å². The number of para-hydroxylation sites is 1. The Bertz CT molecular complexity index is 754. The Morgan fingerprint density at radius 1 is 1.30 bits per heavy atom. The lowest BCUT2D eigenvalue weighted by Gasteiger charge is -2.24. The van der Waals surface area contributed by atoms with Gasteiger partial charge in [0.15, 0.2) is 5.96 Å². The molecular weight excluding hydrogens is 288 g/mol. The minimum absolute atomic E-state index is 0.0223. The minimum Gasteiger partial charge on any atom is -0.370 e. The van der Waals surface area contributed by atoms with Crippen LogP contribution in [-0.4, -0.2) is 18.4 Å². The SMILES string of the molecule is Cc1cccc(NC(N)=NCC2CC(=O)Nc3ccccc32)c1. The zero-order valence-electron chi connectivity index (χ0n) is 13.0. The first-order chi connectivity index (χ1) is 11.1. The third-order valence-corrected chi connectivity index (χ3v) is 3.88. The highest BCUT2D eigenvalue weighted by molar-refractivity contribution is 5.95. The van der Waals surface area contributed by atoms with Crippen LogP contribution in [-0.2, 0) is 4.79 Å². The van der Waals surface area contributed by atoms with Crippen molar-refractivity contribution < 1.29 is 4.79 Å². The number of nitrogens with two attached hydrogens (primary N) is 1. The summed E-state index contributed by atoms with van der Waals surface area (Å²) in [6, 6.07) is 15.8. The van der Waals surface area contributed by atoms with E-state index in [1.165, 1.54) is 0 Å². The number of carbonyl (C=O) groups is 1. The molecule has 5 nitrogen and oxygen atoms in total. The first kappa shape index (κ1) is 15.1. The minimum atomic E-state index is 0.0223. The molecule has 0 aromatic heterocycles. The van der Waals surface area contributed by atoms with Crippen molar-refractivity contribution >= 4 is 23.2 Å². The number of amides is 1. The van der Waals surface area contributed by atoms with Gasteiger partial charge in [-0.05, 0) is 36.2 Å². The van der Waals surface area contributed by atoms with Gasteiger partial charge in [-0.25, -0.2) is 0 Å². The van der Waals surface area contributed by atoms with Crippen molar-refractivity contribution in [2.24, 2.45) is 10.7 Å². The maximum atomic E-state index is 11.8. The largest absolute Gasteiger partial charge is 0.370 e. The Morgan fingerprint density at radius 2 is 2.13 bits per heavy atom. The van der Waals surface area contributed by atoms with Crippen molar-refractivity contribution in [3.8, 4) is 0 Å². The van der Waals surface area contributed by atoms with Gasteiger partial charge in [0, 0.05) is 23.7 Å². The molecule has 1 atom stereocenters. The van der Waals surface area contributed by atoms with Crippen molar-refractivity contribution in [2.75, 3.05) is 17.2 Å². The smallest absolute Gasteiger partial charge is 0.225 e. The second-order valence-corrected chi connectivity index (χ2v) is 5.76. The Labute approximate surface area is 135 Å². The summed E-state index contributed by atoms with van der Waals surface area (Å²) in [5.74, 6) is 0.436. The van der Waals surface area contributed by atoms with Crippen LogP contribution in [0.15, 0.2) is 53.5 Å². The number of nitrogens with one attached hydrogen (secondary N) is 2. The molecule has 5 heteroatoms. The van der Waals surface area contributed by atoms with Gasteiger partial charge < -0.3 is 16.4 Å². The first-order valence-electron chi connectivity index (χ1n) is 7.64. The Morgan fingerprint density at radius 3 is 2.96 bits per heavy atom. The number of fused-ring (bicyclic) bond motifs is 1. The molecule has 1 amide bonds. The van der Waals surface area contributed by atoms with Crippen LogP contribution in [0.5, 0.6) is 0 Å². The molecule has 0 saturated carbocycles. The molecule has 2 aromatic rings. The van der Waals surface area contributed by atoms with Crippen LogP contribution in [0.3, 0.4) is 0 Å². The van der Waals surface area contributed by atoms with Gasteiger partial charge in [-0.1, -0.05) is 30.3 Å². The van der Waals surface area contributed by atoms with E-state index in [9.17, 15) is 4.79 Å². The van der Waals surface area contributed by atoms with Crippen molar-refractivity contribution in [2.45, 2.75) is 19.3 Å². The average Bonchev–Trinajstić information content (AvgIpc) is 2.52. The lowest BCUT2D eigenvalue weighted by Crippen LogP contribution is -2.27. The summed E-state index contributed by atoms with van der Waals surface area (Å²) in [5.41, 5.74) is 10.0. The summed E-state index contributed by atoms with van der Waals surface area (Å²) in [5, 5.41) is 5.97. The molecule has 1 unspecified atom stereocenters. The Hall–Kier alpha value is -2.82. The van der Waals surface area contributed by atoms with E-state index in [0.29, 0.717) is 18.9 Å². The normalized spacial score (nSPS) is 17.3. The monoisotopic (exact) mass is 308 g/mol. The van der Waals surface area contributed by atoms with E-state index in [1.807, 2.05) is 55.5 Å². The molecule has 4 N–H and O–H groups in total. The lowest BCUT2D eigenvalue weighted by molar-refractivity contribution is -0.116. The molecule has 0 bridgehead atoms. The van der Waals surface area contributed by atoms with Gasteiger partial charge in [0.1, 0.15) is 0 Å². The summed E-state index contributed by atoms with van der Waals surface area (Å²) in [6.45, 7) is 2.51. The highest BCUT2D eigenvalue weighted by Crippen LogP contribution is 2.31. The van der Waals surface area contributed by atoms with Crippen LogP contribution in [0.1, 0.15) is 23.5 Å². The summed E-state index contributed by atoms with van der Waals surface area (Å²) < 4.78 is 0. The third-order valence-electron chi connectivity index (χ3n) is 3.88. The number of guanidine groups is 1. The molecule has 118 valence electrons. The number of benzene rings is 2. The molecule has 1 heterocycles. The van der Waals surface area contributed by atoms with Gasteiger partial charge in [-0.3, -0.25) is 9.79 Å². The fourth-order valence-electron chi connectivity index (χ4n) is 2.78. The van der Waals surface area contributed by atoms with Gasteiger partial charge in [-0.15, -0.1) is 0 Å². The summed E-state index contributed by atoms with van der Waals surface area (Å²) in [4.78, 5) is 16.2. The standard InChI is InChI=1S/C18H20N4O/c1-12-5-4-6-14(9-12)21-18(19)20-11-13-10-17(23)22-16-8-3-2-7-15(13)16/h2-9,13H,10-11H2,1H3,(H,22,23)(H3,19,20,21). The highest BCUT2D eigenvalue weighted by Gasteiger charge is 2.24. The van der Waals surface area contributed by atoms with E-state index in [0.717, 1.165) is 22.5 Å². The van der Waals surface area contributed by atoms with Gasteiger partial charge in [0.05, 0.1) is 6.54 Å². The second-order valence-electron chi connectivity index (χ2n) is 5.76. The van der Waals surface area contributed by atoms with Crippen LogP contribution in [0.2, 0.25) is 0 Å². The van der Waals surface area contributed by atoms with E-state index in [-0.39, 0.29) is 11.8 Å². The first-order valence-corrected chi connectivity index (χ1v) is 7.64. The van der Waals surface area contributed by atoms with E-state index in [4.69, 9.17) is 5.73 Å². The molecule has 0 aliphatic carbocycles. The molecule has 0 spiro atoms. The summed E-state index contributed by atoms with van der Waals surface area (Å²) >= 11 is 0. The number of hydrogen-bond acceptors (Lipinski definition) is 2. The average molecular weight is 308 g/mol. The number of aryl methyl sites for hydroxylation is 1. The molecule has 0 fully saturated rings. The molecule has 0 radical (unpaired) electrons. The van der Waals surface area contributed by atoms with Crippen LogP contribution in [0.4, 0.5) is 11.4 Å². The predicted molar refractivity (Wildman–Crippen MR) is 93.7 cm³/mol. The van der Waals surface area contributed by atoms with Crippen molar-refractivity contribution in [3.05, 3.63) is 59.7 Å². The quantitative estimate of drug-likeness (QED) is 0.602. The fourth-order valence-corrected chi connectivity index (χ4v) is 2.78. The van der Waals surface area contributed by atoms with E-state index < -0.39 is 0 Å². The summed E-state index contributed by atoms with van der Waals surface area (Å²) in [6.07, 6.45) is 0.429. The molecule has 0 saturated heterocycles. The Balaban J connectivity index is 1.71. The Kier molecular flexibility index (Phi) is 4.28. The second kappa shape index (κ2) is 6.52. The maximum absolute atomic E-state index is 11.8. The van der Waals surface area contributed by atoms with Gasteiger partial charge >= 0.3 is 0 Å². The third kappa shape index (κ3) is 3.69. The van der Waals surface area contributed by atoms with Gasteiger partial charge in [-0.2, -0.15) is 0 Å². The zero-order valence-corrected chi connectivity index (χ0v) is 13.0. The van der Waals surface area contributed by atoms with Crippen molar-refractivity contribution in [1.29, 1.82) is 0 Å². The number of rotatable bonds is 3. The molecule has 3 rings (SSSR count). The number of nitrogens with zero attached hydrogens (tertiary/aromatic N) is 1. The van der Waals surface area contributed by atoms with Crippen molar-refractivity contribution in [1.82, 2.24) is 0 Å². The van der Waals surface area contributed by atoms with E-state index >= 15 is 0 Å². The highest BCUT2D eigenvalue weighted by atomic mass is 16.1. The number of carbonyl (C=O) groups excluding carboxylic acids is 1.